The van der Waals surface area contributed by atoms with Crippen molar-refractivity contribution < 1.29 is 19.0 Å². The lowest BCUT2D eigenvalue weighted by atomic mass is 9.93. The number of rotatable bonds is 7. The molecule has 1 aromatic rings. The summed E-state index contributed by atoms with van der Waals surface area (Å²) in [5.74, 6) is 1.21. The summed E-state index contributed by atoms with van der Waals surface area (Å²) in [6.07, 6.45) is 1.88. The number of carbonyl (C=O) groups is 1. The maximum absolute atomic E-state index is 11.7. The molecule has 0 atom stereocenters. The van der Waals surface area contributed by atoms with E-state index in [1.165, 1.54) is 0 Å². The number of esters is 1. The van der Waals surface area contributed by atoms with E-state index < -0.39 is 0 Å². The van der Waals surface area contributed by atoms with Crippen molar-refractivity contribution >= 4 is 5.97 Å². The van der Waals surface area contributed by atoms with E-state index in [2.05, 4.69) is 20.8 Å². The van der Waals surface area contributed by atoms with Gasteiger partial charge >= 0.3 is 5.97 Å². The zero-order valence-electron chi connectivity index (χ0n) is 13.7. The fourth-order valence-electron chi connectivity index (χ4n) is 1.83. The molecular formula is C17H26O4. The Morgan fingerprint density at radius 1 is 1.10 bits per heavy atom. The van der Waals surface area contributed by atoms with Crippen LogP contribution in [0.3, 0.4) is 0 Å². The summed E-state index contributed by atoms with van der Waals surface area (Å²) in [6.45, 7) is 6.87. The predicted molar refractivity (Wildman–Crippen MR) is 82.9 cm³/mol. The molecular weight excluding hydrogens is 268 g/mol. The minimum absolute atomic E-state index is 0.158. The summed E-state index contributed by atoms with van der Waals surface area (Å²) >= 11 is 0. The van der Waals surface area contributed by atoms with E-state index in [0.29, 0.717) is 30.9 Å². The number of hydrogen-bond donors (Lipinski definition) is 0. The second-order valence-corrected chi connectivity index (χ2v) is 6.22. The van der Waals surface area contributed by atoms with Crippen molar-refractivity contribution in [2.75, 3.05) is 20.8 Å². The van der Waals surface area contributed by atoms with Gasteiger partial charge in [-0.25, -0.2) is 0 Å². The average molecular weight is 294 g/mol. The van der Waals surface area contributed by atoms with Gasteiger partial charge in [-0.3, -0.25) is 4.79 Å². The topological polar surface area (TPSA) is 44.8 Å². The molecule has 0 saturated heterocycles. The summed E-state index contributed by atoms with van der Waals surface area (Å²) in [5, 5.41) is 0. The summed E-state index contributed by atoms with van der Waals surface area (Å²) in [5.41, 5.74) is 1.21. The van der Waals surface area contributed by atoms with Gasteiger partial charge in [0, 0.05) is 6.42 Å². The van der Waals surface area contributed by atoms with Crippen LogP contribution < -0.4 is 9.47 Å². The smallest absolute Gasteiger partial charge is 0.306 e. The first kappa shape index (κ1) is 17.3. The predicted octanol–water partition coefficient (Wildman–Crippen LogP) is 3.62. The van der Waals surface area contributed by atoms with Crippen LogP contribution in [0.5, 0.6) is 11.5 Å². The van der Waals surface area contributed by atoms with Gasteiger partial charge in [0.15, 0.2) is 11.5 Å². The largest absolute Gasteiger partial charge is 0.493 e. The van der Waals surface area contributed by atoms with Crippen molar-refractivity contribution in [1.29, 1.82) is 0 Å². The Morgan fingerprint density at radius 2 is 1.76 bits per heavy atom. The van der Waals surface area contributed by atoms with E-state index in [4.69, 9.17) is 14.2 Å². The maximum atomic E-state index is 11.7. The van der Waals surface area contributed by atoms with Gasteiger partial charge in [-0.15, -0.1) is 0 Å². The van der Waals surface area contributed by atoms with Crippen molar-refractivity contribution in [3.63, 3.8) is 0 Å². The van der Waals surface area contributed by atoms with Crippen molar-refractivity contribution in [2.45, 2.75) is 40.0 Å². The molecule has 0 aliphatic heterocycles. The lowest BCUT2D eigenvalue weighted by Crippen LogP contribution is -2.13. The molecule has 4 heteroatoms. The zero-order valence-corrected chi connectivity index (χ0v) is 13.7. The van der Waals surface area contributed by atoms with E-state index in [9.17, 15) is 4.79 Å². The fraction of sp³-hybridized carbons (Fsp3) is 0.588. The number of hydrogen-bond acceptors (Lipinski definition) is 4. The van der Waals surface area contributed by atoms with Crippen LogP contribution in [0.4, 0.5) is 0 Å². The van der Waals surface area contributed by atoms with Crippen LogP contribution in [0.25, 0.3) is 0 Å². The van der Waals surface area contributed by atoms with Crippen LogP contribution in [-0.2, 0) is 16.0 Å². The molecule has 118 valence electrons. The van der Waals surface area contributed by atoms with E-state index >= 15 is 0 Å². The van der Waals surface area contributed by atoms with Gasteiger partial charge in [-0.05, 0) is 36.0 Å². The molecule has 0 fully saturated rings. The molecule has 1 rings (SSSR count). The first-order valence-electron chi connectivity index (χ1n) is 7.22. The van der Waals surface area contributed by atoms with Crippen molar-refractivity contribution in [3.05, 3.63) is 23.8 Å². The number of benzene rings is 1. The Morgan fingerprint density at radius 3 is 2.33 bits per heavy atom. The van der Waals surface area contributed by atoms with E-state index in [-0.39, 0.29) is 11.4 Å². The highest BCUT2D eigenvalue weighted by Gasteiger charge is 2.12. The van der Waals surface area contributed by atoms with Crippen molar-refractivity contribution in [3.8, 4) is 11.5 Å². The molecule has 0 saturated carbocycles. The van der Waals surface area contributed by atoms with Crippen molar-refractivity contribution in [2.24, 2.45) is 5.41 Å². The Labute approximate surface area is 127 Å². The highest BCUT2D eigenvalue weighted by Crippen LogP contribution is 2.28. The third kappa shape index (κ3) is 6.52. The molecule has 0 bridgehead atoms. The third-order valence-electron chi connectivity index (χ3n) is 3.18. The molecule has 0 aliphatic carbocycles. The second-order valence-electron chi connectivity index (χ2n) is 6.22. The number of ether oxygens (including phenoxy) is 3. The van der Waals surface area contributed by atoms with Crippen LogP contribution in [-0.4, -0.2) is 26.8 Å². The van der Waals surface area contributed by atoms with Crippen LogP contribution in [0.2, 0.25) is 0 Å². The molecule has 0 heterocycles. The van der Waals surface area contributed by atoms with Crippen LogP contribution in [0, 0.1) is 5.41 Å². The highest BCUT2D eigenvalue weighted by atomic mass is 16.5. The van der Waals surface area contributed by atoms with Gasteiger partial charge in [-0.2, -0.15) is 0 Å². The Bertz CT molecular complexity index is 460. The number of carbonyl (C=O) groups excluding carboxylic acids is 1. The monoisotopic (exact) mass is 294 g/mol. The summed E-state index contributed by atoms with van der Waals surface area (Å²) < 4.78 is 15.7. The quantitative estimate of drug-likeness (QED) is 0.721. The Hall–Kier alpha value is -1.71. The zero-order chi connectivity index (χ0) is 15.9. The van der Waals surface area contributed by atoms with Crippen LogP contribution >= 0.6 is 0 Å². The Kier molecular flexibility index (Phi) is 6.53. The van der Waals surface area contributed by atoms with Gasteiger partial charge in [0.05, 0.1) is 20.8 Å². The second kappa shape index (κ2) is 7.91. The van der Waals surface area contributed by atoms with E-state index in [0.717, 1.165) is 12.0 Å². The van der Waals surface area contributed by atoms with Gasteiger partial charge in [-0.1, -0.05) is 26.8 Å². The molecule has 0 N–H and O–H groups in total. The number of aryl methyl sites for hydroxylation is 1. The van der Waals surface area contributed by atoms with Gasteiger partial charge < -0.3 is 14.2 Å². The van der Waals surface area contributed by atoms with Gasteiger partial charge in [0.25, 0.3) is 0 Å². The minimum Gasteiger partial charge on any atom is -0.493 e. The lowest BCUT2D eigenvalue weighted by Gasteiger charge is -2.17. The molecule has 0 aromatic heterocycles. The molecule has 0 amide bonds. The highest BCUT2D eigenvalue weighted by molar-refractivity contribution is 5.69. The molecule has 1 aromatic carbocycles. The Balaban J connectivity index is 2.42. The van der Waals surface area contributed by atoms with E-state index in [1.807, 2.05) is 18.2 Å². The standard InChI is InChI=1S/C17H26O4/c1-17(2,3)10-11-21-16(18)9-7-13-6-8-14(19-4)15(12-13)20-5/h6,8,12H,7,9-11H2,1-5H3. The van der Waals surface area contributed by atoms with Gasteiger partial charge in [0.1, 0.15) is 0 Å². The first-order chi connectivity index (χ1) is 9.85. The maximum Gasteiger partial charge on any atom is 0.306 e. The molecule has 4 nitrogen and oxygen atoms in total. The summed E-state index contributed by atoms with van der Waals surface area (Å²) in [4.78, 5) is 11.7. The van der Waals surface area contributed by atoms with Crippen LogP contribution in [0.15, 0.2) is 18.2 Å². The molecule has 0 unspecified atom stereocenters. The minimum atomic E-state index is -0.158. The normalized spacial score (nSPS) is 11.1. The summed E-state index contributed by atoms with van der Waals surface area (Å²) in [6, 6.07) is 5.67. The van der Waals surface area contributed by atoms with Crippen molar-refractivity contribution in [1.82, 2.24) is 0 Å². The molecule has 0 spiro atoms. The fourth-order valence-corrected chi connectivity index (χ4v) is 1.83. The number of methoxy groups -OCH3 is 2. The molecule has 0 aliphatic rings. The lowest BCUT2D eigenvalue weighted by molar-refractivity contribution is -0.144. The third-order valence-corrected chi connectivity index (χ3v) is 3.18. The van der Waals surface area contributed by atoms with Crippen LogP contribution in [0.1, 0.15) is 39.2 Å². The van der Waals surface area contributed by atoms with E-state index in [1.54, 1.807) is 14.2 Å². The molecule has 0 radical (unpaired) electrons. The first-order valence-corrected chi connectivity index (χ1v) is 7.22. The summed E-state index contributed by atoms with van der Waals surface area (Å²) in [7, 11) is 3.20. The SMILES string of the molecule is COc1ccc(CCC(=O)OCCC(C)(C)C)cc1OC. The van der Waals surface area contributed by atoms with Gasteiger partial charge in [0.2, 0.25) is 0 Å². The molecule has 21 heavy (non-hydrogen) atoms. The average Bonchev–Trinajstić information content (AvgIpc) is 2.43.